The van der Waals surface area contributed by atoms with Crippen molar-refractivity contribution in [2.24, 2.45) is 0 Å². The Hall–Kier alpha value is -2.77. The molecule has 0 amide bonds. The normalized spacial score (nSPS) is 10.2. The van der Waals surface area contributed by atoms with Crippen molar-refractivity contribution >= 4 is 33.9 Å². The molecule has 0 saturated heterocycles. The first-order chi connectivity index (χ1) is 10.7. The predicted molar refractivity (Wildman–Crippen MR) is 87.7 cm³/mol. The van der Waals surface area contributed by atoms with Crippen LogP contribution in [0.3, 0.4) is 0 Å². The number of aromatic nitrogens is 1. The second-order valence-corrected chi connectivity index (χ2v) is 5.08. The summed E-state index contributed by atoms with van der Waals surface area (Å²) in [6, 6.07) is 15.1. The van der Waals surface area contributed by atoms with Gasteiger partial charge >= 0.3 is 0 Å². The van der Waals surface area contributed by atoms with Crippen molar-refractivity contribution in [2.75, 3.05) is 12.4 Å². The van der Waals surface area contributed by atoms with E-state index in [1.54, 1.807) is 25.4 Å². The highest BCUT2D eigenvalue weighted by Gasteiger charge is 2.12. The molecule has 3 rings (SSSR count). The minimum atomic E-state index is 0.468. The Morgan fingerprint density at radius 2 is 1.95 bits per heavy atom. The number of hydrogen-bond donors (Lipinski definition) is 1. The van der Waals surface area contributed by atoms with E-state index >= 15 is 0 Å². The lowest BCUT2D eigenvalue weighted by Crippen LogP contribution is -1.97. The van der Waals surface area contributed by atoms with Crippen LogP contribution in [-0.2, 0) is 0 Å². The zero-order chi connectivity index (χ0) is 15.5. The first kappa shape index (κ1) is 14.2. The van der Waals surface area contributed by atoms with E-state index in [9.17, 15) is 5.26 Å². The highest BCUT2D eigenvalue weighted by atomic mass is 35.5. The Labute approximate surface area is 132 Å². The Morgan fingerprint density at radius 3 is 2.64 bits per heavy atom. The van der Waals surface area contributed by atoms with Gasteiger partial charge in [-0.05, 0) is 30.3 Å². The van der Waals surface area contributed by atoms with Crippen molar-refractivity contribution in [3.8, 4) is 11.8 Å². The predicted octanol–water partition coefficient (Wildman–Crippen LogP) is 4.51. The van der Waals surface area contributed by atoms with E-state index in [2.05, 4.69) is 16.4 Å². The number of methoxy groups -OCH3 is 1. The Morgan fingerprint density at radius 1 is 1.18 bits per heavy atom. The van der Waals surface area contributed by atoms with E-state index in [0.717, 1.165) is 11.1 Å². The molecule has 0 saturated carbocycles. The van der Waals surface area contributed by atoms with Crippen LogP contribution in [0, 0.1) is 11.3 Å². The third-order valence-corrected chi connectivity index (χ3v) is 3.57. The number of halogens is 1. The van der Waals surface area contributed by atoms with E-state index < -0.39 is 0 Å². The molecule has 1 heterocycles. The number of nitrogens with one attached hydrogen (secondary N) is 1. The van der Waals surface area contributed by atoms with Crippen LogP contribution in [0.25, 0.3) is 10.9 Å². The van der Waals surface area contributed by atoms with Gasteiger partial charge in [-0.25, -0.2) is 0 Å². The summed E-state index contributed by atoms with van der Waals surface area (Å²) >= 11 is 5.90. The summed E-state index contributed by atoms with van der Waals surface area (Å²) in [6.07, 6.45) is 1.54. The highest BCUT2D eigenvalue weighted by Crippen LogP contribution is 2.33. The van der Waals surface area contributed by atoms with Gasteiger partial charge in [0.15, 0.2) is 0 Å². The Balaban J connectivity index is 2.18. The maximum Gasteiger partial charge on any atom is 0.145 e. The van der Waals surface area contributed by atoms with Gasteiger partial charge < -0.3 is 10.1 Å². The van der Waals surface area contributed by atoms with Crippen LogP contribution >= 0.6 is 11.6 Å². The third-order valence-electron chi connectivity index (χ3n) is 3.31. The molecule has 0 spiro atoms. The summed E-state index contributed by atoms with van der Waals surface area (Å²) in [5.74, 6) is 0.668. The summed E-state index contributed by atoms with van der Waals surface area (Å²) in [6.45, 7) is 0. The topological polar surface area (TPSA) is 57.9 Å². The SMILES string of the molecule is COc1cccc2c(Nc3ccc(Cl)cc3)c(C#N)cnc12. The van der Waals surface area contributed by atoms with Crippen molar-refractivity contribution in [2.45, 2.75) is 0 Å². The van der Waals surface area contributed by atoms with E-state index in [-0.39, 0.29) is 0 Å². The zero-order valence-corrected chi connectivity index (χ0v) is 12.6. The number of para-hydroxylation sites is 1. The van der Waals surface area contributed by atoms with E-state index in [0.29, 0.717) is 27.5 Å². The molecule has 4 nitrogen and oxygen atoms in total. The molecule has 0 atom stereocenters. The first-order valence-corrected chi connectivity index (χ1v) is 6.99. The third kappa shape index (κ3) is 2.54. The van der Waals surface area contributed by atoms with Crippen LogP contribution in [0.4, 0.5) is 11.4 Å². The minimum Gasteiger partial charge on any atom is -0.494 e. The maximum absolute atomic E-state index is 9.34. The summed E-state index contributed by atoms with van der Waals surface area (Å²) in [4.78, 5) is 4.33. The van der Waals surface area contributed by atoms with Crippen molar-refractivity contribution in [1.82, 2.24) is 4.98 Å². The van der Waals surface area contributed by atoms with Gasteiger partial charge in [0, 0.05) is 22.3 Å². The number of fused-ring (bicyclic) bond motifs is 1. The molecule has 0 unspecified atom stereocenters. The summed E-state index contributed by atoms with van der Waals surface area (Å²) < 4.78 is 5.33. The van der Waals surface area contributed by atoms with Crippen LogP contribution in [0.1, 0.15) is 5.56 Å². The minimum absolute atomic E-state index is 0.468. The molecule has 0 aliphatic carbocycles. The molecule has 3 aromatic rings. The molecule has 0 fully saturated rings. The van der Waals surface area contributed by atoms with Crippen molar-refractivity contribution < 1.29 is 4.74 Å². The fourth-order valence-corrected chi connectivity index (χ4v) is 2.38. The highest BCUT2D eigenvalue weighted by molar-refractivity contribution is 6.30. The number of hydrogen-bond acceptors (Lipinski definition) is 4. The second-order valence-electron chi connectivity index (χ2n) is 4.65. The maximum atomic E-state index is 9.34. The number of ether oxygens (including phenoxy) is 1. The van der Waals surface area contributed by atoms with Crippen molar-refractivity contribution in [1.29, 1.82) is 5.26 Å². The Bertz CT molecular complexity index is 869. The fourth-order valence-electron chi connectivity index (χ4n) is 2.26. The molecule has 0 bridgehead atoms. The van der Waals surface area contributed by atoms with Crippen LogP contribution in [-0.4, -0.2) is 12.1 Å². The zero-order valence-electron chi connectivity index (χ0n) is 11.8. The number of anilines is 2. The van der Waals surface area contributed by atoms with Gasteiger partial charge in [-0.15, -0.1) is 0 Å². The average molecular weight is 310 g/mol. The molecule has 22 heavy (non-hydrogen) atoms. The molecular formula is C17H12ClN3O. The van der Waals surface area contributed by atoms with Crippen LogP contribution < -0.4 is 10.1 Å². The Kier molecular flexibility index (Phi) is 3.82. The number of benzene rings is 2. The lowest BCUT2D eigenvalue weighted by molar-refractivity contribution is 0.419. The number of nitriles is 1. The van der Waals surface area contributed by atoms with E-state index in [1.165, 1.54) is 0 Å². The molecule has 5 heteroatoms. The molecular weight excluding hydrogens is 298 g/mol. The van der Waals surface area contributed by atoms with Gasteiger partial charge in [-0.2, -0.15) is 5.26 Å². The largest absolute Gasteiger partial charge is 0.494 e. The first-order valence-electron chi connectivity index (χ1n) is 6.61. The van der Waals surface area contributed by atoms with Crippen molar-refractivity contribution in [3.63, 3.8) is 0 Å². The van der Waals surface area contributed by atoms with Crippen LogP contribution in [0.5, 0.6) is 5.75 Å². The van der Waals surface area contributed by atoms with Crippen LogP contribution in [0.15, 0.2) is 48.7 Å². The monoisotopic (exact) mass is 309 g/mol. The van der Waals surface area contributed by atoms with Gasteiger partial charge in [0.05, 0.1) is 18.4 Å². The molecule has 2 aromatic carbocycles. The van der Waals surface area contributed by atoms with Gasteiger partial charge in [-0.1, -0.05) is 23.7 Å². The van der Waals surface area contributed by atoms with Gasteiger partial charge in [-0.3, -0.25) is 4.98 Å². The number of nitrogens with zero attached hydrogens (tertiary/aromatic N) is 2. The fraction of sp³-hybridized carbons (Fsp3) is 0.0588. The van der Waals surface area contributed by atoms with Crippen molar-refractivity contribution in [3.05, 3.63) is 59.2 Å². The quantitative estimate of drug-likeness (QED) is 0.773. The van der Waals surface area contributed by atoms with E-state index in [1.807, 2.05) is 30.3 Å². The molecule has 1 aromatic heterocycles. The summed E-state index contributed by atoms with van der Waals surface area (Å²) in [7, 11) is 1.60. The average Bonchev–Trinajstić information content (AvgIpc) is 2.56. The molecule has 0 radical (unpaired) electrons. The van der Waals surface area contributed by atoms with Gasteiger partial charge in [0.2, 0.25) is 0 Å². The number of pyridine rings is 1. The molecule has 0 aliphatic heterocycles. The summed E-state index contributed by atoms with van der Waals surface area (Å²) in [5.41, 5.74) is 2.72. The molecule has 0 aliphatic rings. The summed E-state index contributed by atoms with van der Waals surface area (Å²) in [5, 5.41) is 14.1. The lowest BCUT2D eigenvalue weighted by Gasteiger charge is -2.13. The standard InChI is InChI=1S/C17H12ClN3O/c1-22-15-4-2-3-14-16(11(9-19)10-20-17(14)15)21-13-7-5-12(18)6-8-13/h2-8,10H,1H3,(H,20,21). The van der Waals surface area contributed by atoms with Gasteiger partial charge in [0.1, 0.15) is 17.3 Å². The lowest BCUT2D eigenvalue weighted by atomic mass is 10.1. The number of rotatable bonds is 3. The van der Waals surface area contributed by atoms with Crippen LogP contribution in [0.2, 0.25) is 5.02 Å². The molecule has 1 N–H and O–H groups in total. The smallest absolute Gasteiger partial charge is 0.145 e. The van der Waals surface area contributed by atoms with Gasteiger partial charge in [0.25, 0.3) is 0 Å². The second kappa shape index (κ2) is 5.92. The molecule has 108 valence electrons. The van der Waals surface area contributed by atoms with E-state index in [4.69, 9.17) is 16.3 Å².